The van der Waals surface area contributed by atoms with Gasteiger partial charge in [-0.2, -0.15) is 0 Å². The minimum Gasteiger partial charge on any atom is -0.496 e. The van der Waals surface area contributed by atoms with Crippen molar-refractivity contribution in [2.24, 2.45) is 4.99 Å². The maximum absolute atomic E-state index is 13.8. The van der Waals surface area contributed by atoms with Crippen LogP contribution < -0.4 is 19.6 Å². The van der Waals surface area contributed by atoms with E-state index in [1.54, 1.807) is 69.5 Å². The van der Waals surface area contributed by atoms with Crippen molar-refractivity contribution in [1.29, 1.82) is 0 Å². The molecule has 0 N–H and O–H groups in total. The molecule has 9 nitrogen and oxygen atoms in total. The predicted octanol–water partition coefficient (Wildman–Crippen LogP) is 4.62. The number of benzene rings is 2. The third-order valence-electron chi connectivity index (χ3n) is 6.50. The highest BCUT2D eigenvalue weighted by molar-refractivity contribution is 9.10. The molecule has 41 heavy (non-hydrogen) atoms. The van der Waals surface area contributed by atoms with Crippen LogP contribution in [-0.4, -0.2) is 37.3 Å². The second kappa shape index (κ2) is 11.7. The molecule has 5 rings (SSSR count). The summed E-state index contributed by atoms with van der Waals surface area (Å²) in [4.78, 5) is 43.7. The van der Waals surface area contributed by atoms with Crippen LogP contribution in [0.25, 0.3) is 17.4 Å². The van der Waals surface area contributed by atoms with Crippen molar-refractivity contribution >= 4 is 45.3 Å². The number of hydrogen-bond acceptors (Lipinski definition) is 9. The lowest BCUT2D eigenvalue weighted by Crippen LogP contribution is -2.39. The average molecular weight is 638 g/mol. The average Bonchev–Trinajstić information content (AvgIpc) is 3.56. The molecular formula is C30H25BrN2O7S. The molecule has 4 aromatic rings. The van der Waals surface area contributed by atoms with Crippen LogP contribution in [0.4, 0.5) is 0 Å². The Bertz CT molecular complexity index is 1870. The van der Waals surface area contributed by atoms with E-state index in [0.29, 0.717) is 53.5 Å². The zero-order valence-corrected chi connectivity index (χ0v) is 25.0. The lowest BCUT2D eigenvalue weighted by atomic mass is 9.96. The van der Waals surface area contributed by atoms with Gasteiger partial charge < -0.3 is 18.6 Å². The first-order valence-electron chi connectivity index (χ1n) is 12.6. The molecule has 0 bridgehead atoms. The van der Waals surface area contributed by atoms with E-state index in [9.17, 15) is 14.4 Å². The summed E-state index contributed by atoms with van der Waals surface area (Å²) >= 11 is 4.72. The number of ether oxygens (including phenoxy) is 3. The van der Waals surface area contributed by atoms with E-state index in [-0.39, 0.29) is 12.2 Å². The van der Waals surface area contributed by atoms with Gasteiger partial charge in [-0.3, -0.25) is 9.36 Å². The Labute approximate surface area is 247 Å². The van der Waals surface area contributed by atoms with Gasteiger partial charge in [0.1, 0.15) is 17.3 Å². The number of fused-ring (bicyclic) bond motifs is 1. The van der Waals surface area contributed by atoms with Crippen LogP contribution in [0.3, 0.4) is 0 Å². The third-order valence-corrected chi connectivity index (χ3v) is 8.10. The van der Waals surface area contributed by atoms with Gasteiger partial charge in [-0.25, -0.2) is 14.6 Å². The number of thiazole rings is 1. The van der Waals surface area contributed by atoms with Crippen molar-refractivity contribution in [3.63, 3.8) is 0 Å². The van der Waals surface area contributed by atoms with E-state index >= 15 is 0 Å². The van der Waals surface area contributed by atoms with E-state index < -0.39 is 18.0 Å². The molecule has 1 aliphatic heterocycles. The van der Waals surface area contributed by atoms with Crippen LogP contribution in [0, 0.1) is 0 Å². The second-order valence-electron chi connectivity index (χ2n) is 8.97. The fourth-order valence-electron chi connectivity index (χ4n) is 4.56. The van der Waals surface area contributed by atoms with Crippen molar-refractivity contribution in [1.82, 2.24) is 4.57 Å². The fourth-order valence-corrected chi connectivity index (χ4v) is 6.15. The van der Waals surface area contributed by atoms with E-state index in [2.05, 4.69) is 20.9 Å². The maximum Gasteiger partial charge on any atom is 0.338 e. The quantitative estimate of drug-likeness (QED) is 0.272. The topological polar surface area (TPSA) is 109 Å². The van der Waals surface area contributed by atoms with Gasteiger partial charge in [0.15, 0.2) is 4.80 Å². The first-order valence-corrected chi connectivity index (χ1v) is 14.2. The fraction of sp³-hybridized carbons (Fsp3) is 0.200. The minimum absolute atomic E-state index is 0.186. The second-order valence-corrected chi connectivity index (χ2v) is 10.8. The zero-order valence-electron chi connectivity index (χ0n) is 22.6. The van der Waals surface area contributed by atoms with E-state index in [1.165, 1.54) is 23.0 Å². The summed E-state index contributed by atoms with van der Waals surface area (Å²) in [6, 6.07) is 15.0. The first kappa shape index (κ1) is 28.3. The Hall–Kier alpha value is -4.22. The highest BCUT2D eigenvalue weighted by Crippen LogP contribution is 2.35. The molecule has 0 radical (unpaired) electrons. The number of allylic oxidation sites excluding steroid dienone is 1. The van der Waals surface area contributed by atoms with Crippen molar-refractivity contribution in [2.75, 3.05) is 20.8 Å². The summed E-state index contributed by atoms with van der Waals surface area (Å²) in [5.74, 6) is 0.699. The summed E-state index contributed by atoms with van der Waals surface area (Å²) in [6.07, 6.45) is 1.65. The Morgan fingerprint density at radius 2 is 1.85 bits per heavy atom. The number of nitrogens with zero attached hydrogens (tertiary/aromatic N) is 2. The van der Waals surface area contributed by atoms with E-state index in [1.807, 2.05) is 12.1 Å². The first-order chi connectivity index (χ1) is 19.7. The zero-order chi connectivity index (χ0) is 29.3. The SMILES string of the molecule is CCOC(=O)C1=C(C)N=c2s/c(=C/c3ccc(-c4ccc(C(=O)OC)cc4)o3)c(=O)n2[C@@H]1c1ccc(OC)c(Br)c1. The number of aromatic nitrogens is 1. The predicted molar refractivity (Wildman–Crippen MR) is 157 cm³/mol. The summed E-state index contributed by atoms with van der Waals surface area (Å²) < 4.78 is 24.1. The minimum atomic E-state index is -0.754. The molecule has 2 aromatic carbocycles. The molecule has 0 spiro atoms. The summed E-state index contributed by atoms with van der Waals surface area (Å²) in [5, 5.41) is 0. The van der Waals surface area contributed by atoms with Crippen LogP contribution in [0.15, 0.2) is 84.5 Å². The molecule has 3 heterocycles. The number of esters is 2. The van der Waals surface area contributed by atoms with Gasteiger partial charge in [-0.1, -0.05) is 29.5 Å². The summed E-state index contributed by atoms with van der Waals surface area (Å²) in [5.41, 5.74) is 2.33. The van der Waals surface area contributed by atoms with Crippen molar-refractivity contribution in [3.05, 3.63) is 107 Å². The number of carbonyl (C=O) groups excluding carboxylic acids is 2. The Kier molecular flexibility index (Phi) is 8.09. The largest absolute Gasteiger partial charge is 0.496 e. The van der Waals surface area contributed by atoms with Crippen molar-refractivity contribution < 1.29 is 28.2 Å². The normalized spacial score (nSPS) is 14.9. The molecule has 0 saturated carbocycles. The van der Waals surface area contributed by atoms with E-state index in [0.717, 1.165) is 5.56 Å². The van der Waals surface area contributed by atoms with Gasteiger partial charge >= 0.3 is 11.9 Å². The Morgan fingerprint density at radius 1 is 1.10 bits per heavy atom. The lowest BCUT2D eigenvalue weighted by molar-refractivity contribution is -0.139. The molecule has 0 fully saturated rings. The Morgan fingerprint density at radius 3 is 2.51 bits per heavy atom. The van der Waals surface area contributed by atoms with Gasteiger partial charge in [0, 0.05) is 11.6 Å². The summed E-state index contributed by atoms with van der Waals surface area (Å²) in [7, 11) is 2.89. The van der Waals surface area contributed by atoms with Crippen LogP contribution in [0.2, 0.25) is 0 Å². The van der Waals surface area contributed by atoms with E-state index in [4.69, 9.17) is 18.6 Å². The maximum atomic E-state index is 13.8. The molecule has 11 heteroatoms. The molecule has 0 aliphatic carbocycles. The van der Waals surface area contributed by atoms with Crippen LogP contribution >= 0.6 is 27.3 Å². The number of hydrogen-bond donors (Lipinski definition) is 0. The van der Waals surface area contributed by atoms with Crippen LogP contribution in [-0.2, 0) is 14.3 Å². The number of methoxy groups -OCH3 is 2. The van der Waals surface area contributed by atoms with Gasteiger partial charge in [0.05, 0.1) is 52.7 Å². The Balaban J connectivity index is 1.59. The monoisotopic (exact) mass is 636 g/mol. The third kappa shape index (κ3) is 5.42. The van der Waals surface area contributed by atoms with Crippen molar-refractivity contribution in [3.8, 4) is 17.1 Å². The lowest BCUT2D eigenvalue weighted by Gasteiger charge is -2.25. The van der Waals surface area contributed by atoms with Crippen molar-refractivity contribution in [2.45, 2.75) is 19.9 Å². The number of carbonyl (C=O) groups is 2. The molecule has 1 atom stereocenters. The van der Waals surface area contributed by atoms with Crippen LogP contribution in [0.5, 0.6) is 5.75 Å². The van der Waals surface area contributed by atoms with Gasteiger partial charge in [0.2, 0.25) is 0 Å². The molecule has 210 valence electrons. The smallest absolute Gasteiger partial charge is 0.338 e. The van der Waals surface area contributed by atoms with Crippen LogP contribution in [0.1, 0.15) is 41.6 Å². The molecule has 2 aromatic heterocycles. The van der Waals surface area contributed by atoms with Gasteiger partial charge in [0.25, 0.3) is 5.56 Å². The molecule has 0 saturated heterocycles. The standard InChI is InChI=1S/C30H25BrN2O7S/c1-5-39-29(36)25-16(2)32-30-33(26(25)19-10-12-23(37-3)21(31)14-19)27(34)24(41-30)15-20-11-13-22(40-20)17-6-8-18(9-7-17)28(35)38-4/h6-15,26H,5H2,1-4H3/b24-15+/t26-/m1/s1. The molecular weight excluding hydrogens is 612 g/mol. The summed E-state index contributed by atoms with van der Waals surface area (Å²) in [6.45, 7) is 3.65. The van der Waals surface area contributed by atoms with Gasteiger partial charge in [-0.05, 0) is 71.7 Å². The molecule has 0 unspecified atom stereocenters. The number of furan rings is 1. The molecule has 1 aliphatic rings. The number of halogens is 1. The highest BCUT2D eigenvalue weighted by atomic mass is 79.9. The number of rotatable bonds is 7. The van der Waals surface area contributed by atoms with Gasteiger partial charge in [-0.15, -0.1) is 0 Å². The highest BCUT2D eigenvalue weighted by Gasteiger charge is 2.33. The molecule has 0 amide bonds.